The molecule has 0 atom stereocenters. The van der Waals surface area contributed by atoms with Gasteiger partial charge in [-0.1, -0.05) is 23.5 Å². The molecule has 1 aliphatic heterocycles. The number of anilines is 1. The molecule has 2 aromatic carbocycles. The normalized spacial score (nSPS) is 14.5. The summed E-state index contributed by atoms with van der Waals surface area (Å²) in [5, 5.41) is 0.338. The number of thiazole rings is 1. The Balaban J connectivity index is 1.49. The molecular formula is C24H21FN4O3S2. The number of aromatic nitrogens is 2. The van der Waals surface area contributed by atoms with Crippen molar-refractivity contribution >= 4 is 42.6 Å². The van der Waals surface area contributed by atoms with E-state index in [0.29, 0.717) is 34.2 Å². The summed E-state index contributed by atoms with van der Waals surface area (Å²) in [6, 6.07) is 16.0. The van der Waals surface area contributed by atoms with Gasteiger partial charge in [0.2, 0.25) is 10.0 Å². The third-order valence-corrected chi connectivity index (χ3v) is 8.64. The van der Waals surface area contributed by atoms with E-state index < -0.39 is 15.8 Å². The summed E-state index contributed by atoms with van der Waals surface area (Å²) in [4.78, 5) is 23.8. The number of hydrogen-bond donors (Lipinski definition) is 0. The van der Waals surface area contributed by atoms with E-state index in [0.717, 1.165) is 12.8 Å². The van der Waals surface area contributed by atoms with Gasteiger partial charge in [0.1, 0.15) is 11.3 Å². The molecular weight excluding hydrogens is 475 g/mol. The van der Waals surface area contributed by atoms with E-state index in [4.69, 9.17) is 0 Å². The van der Waals surface area contributed by atoms with Crippen molar-refractivity contribution in [1.29, 1.82) is 0 Å². The van der Waals surface area contributed by atoms with Crippen molar-refractivity contribution in [3.8, 4) is 0 Å². The number of nitrogens with zero attached hydrogens (tertiary/aromatic N) is 4. The maximum Gasteiger partial charge on any atom is 0.260 e. The van der Waals surface area contributed by atoms with Crippen molar-refractivity contribution in [1.82, 2.24) is 14.3 Å². The van der Waals surface area contributed by atoms with Gasteiger partial charge in [0.25, 0.3) is 5.91 Å². The second kappa shape index (κ2) is 9.21. The van der Waals surface area contributed by atoms with Crippen molar-refractivity contribution in [2.75, 3.05) is 18.0 Å². The van der Waals surface area contributed by atoms with Crippen molar-refractivity contribution < 1.29 is 17.6 Å². The maximum atomic E-state index is 14.3. The number of amides is 1. The summed E-state index contributed by atoms with van der Waals surface area (Å²) in [7, 11) is -3.58. The van der Waals surface area contributed by atoms with Crippen LogP contribution in [-0.4, -0.2) is 41.7 Å². The monoisotopic (exact) mass is 496 g/mol. The first-order valence-electron chi connectivity index (χ1n) is 10.8. The van der Waals surface area contributed by atoms with Crippen LogP contribution < -0.4 is 4.90 Å². The number of rotatable bonds is 6. The number of para-hydroxylation sites is 1. The van der Waals surface area contributed by atoms with E-state index in [1.165, 1.54) is 50.9 Å². The Kier molecular flexibility index (Phi) is 6.11. The lowest BCUT2D eigenvalue weighted by atomic mass is 10.2. The fraction of sp³-hybridized carbons (Fsp3) is 0.208. The largest absolute Gasteiger partial charge is 0.278 e. The summed E-state index contributed by atoms with van der Waals surface area (Å²) < 4.78 is 42.0. The summed E-state index contributed by atoms with van der Waals surface area (Å²) in [5.41, 5.74) is 1.15. The van der Waals surface area contributed by atoms with E-state index in [1.54, 1.807) is 30.5 Å². The van der Waals surface area contributed by atoms with E-state index in [9.17, 15) is 17.6 Å². The van der Waals surface area contributed by atoms with Gasteiger partial charge < -0.3 is 0 Å². The van der Waals surface area contributed by atoms with Crippen LogP contribution in [-0.2, 0) is 16.6 Å². The Hall–Kier alpha value is -3.21. The van der Waals surface area contributed by atoms with Gasteiger partial charge in [-0.2, -0.15) is 4.31 Å². The topological polar surface area (TPSA) is 83.5 Å². The number of fused-ring (bicyclic) bond motifs is 1. The first kappa shape index (κ1) is 22.6. The number of benzene rings is 2. The number of hydrogen-bond acceptors (Lipinski definition) is 6. The molecule has 0 spiro atoms. The van der Waals surface area contributed by atoms with Crippen molar-refractivity contribution in [3.05, 3.63) is 83.9 Å². The molecule has 0 aliphatic carbocycles. The molecule has 10 heteroatoms. The molecule has 0 bridgehead atoms. The van der Waals surface area contributed by atoms with Crippen LogP contribution in [0.25, 0.3) is 10.2 Å². The van der Waals surface area contributed by atoms with Gasteiger partial charge in [0, 0.05) is 24.8 Å². The van der Waals surface area contributed by atoms with Crippen LogP contribution in [0.4, 0.5) is 9.52 Å². The lowest BCUT2D eigenvalue weighted by Gasteiger charge is -2.20. The first-order valence-corrected chi connectivity index (χ1v) is 13.1. The fourth-order valence-electron chi connectivity index (χ4n) is 3.90. The maximum absolute atomic E-state index is 14.3. The van der Waals surface area contributed by atoms with Gasteiger partial charge >= 0.3 is 0 Å². The molecule has 3 heterocycles. The molecule has 1 saturated heterocycles. The number of carbonyl (C=O) groups is 1. The van der Waals surface area contributed by atoms with Gasteiger partial charge in [0.05, 0.1) is 21.8 Å². The number of sulfonamides is 1. The Morgan fingerprint density at radius 2 is 1.79 bits per heavy atom. The molecule has 174 valence electrons. The zero-order valence-electron chi connectivity index (χ0n) is 18.1. The number of carbonyl (C=O) groups excluding carboxylic acids is 1. The average Bonchev–Trinajstić information content (AvgIpc) is 3.54. The quantitative estimate of drug-likeness (QED) is 0.394. The number of pyridine rings is 1. The Bertz CT molecular complexity index is 1430. The lowest BCUT2D eigenvalue weighted by Crippen LogP contribution is -2.31. The van der Waals surface area contributed by atoms with Crippen LogP contribution in [0.3, 0.4) is 0 Å². The van der Waals surface area contributed by atoms with Crippen LogP contribution in [0.2, 0.25) is 0 Å². The van der Waals surface area contributed by atoms with Crippen LogP contribution in [0.1, 0.15) is 28.9 Å². The summed E-state index contributed by atoms with van der Waals surface area (Å²) in [5.74, 6) is -0.836. The van der Waals surface area contributed by atoms with E-state index >= 15 is 0 Å². The Labute approximate surface area is 200 Å². The van der Waals surface area contributed by atoms with Gasteiger partial charge in [-0.3, -0.25) is 14.7 Å². The first-order chi connectivity index (χ1) is 16.4. The van der Waals surface area contributed by atoms with Crippen LogP contribution in [0.15, 0.2) is 71.8 Å². The van der Waals surface area contributed by atoms with E-state index in [1.807, 2.05) is 6.07 Å². The van der Waals surface area contributed by atoms with Gasteiger partial charge in [-0.05, 0) is 61.4 Å². The Morgan fingerprint density at radius 1 is 1.03 bits per heavy atom. The van der Waals surface area contributed by atoms with Crippen LogP contribution in [0.5, 0.6) is 0 Å². The van der Waals surface area contributed by atoms with Crippen LogP contribution >= 0.6 is 11.3 Å². The highest BCUT2D eigenvalue weighted by Crippen LogP contribution is 2.32. The summed E-state index contributed by atoms with van der Waals surface area (Å²) in [6.07, 6.45) is 3.33. The SMILES string of the molecule is O=C(c1ccc(S(=O)(=O)N2CCCC2)cc1)N(Cc1ccccn1)c1nc2c(F)cccc2s1. The highest BCUT2D eigenvalue weighted by atomic mass is 32.2. The van der Waals surface area contributed by atoms with Gasteiger partial charge in [-0.15, -0.1) is 0 Å². The third kappa shape index (κ3) is 4.31. The fourth-order valence-corrected chi connectivity index (χ4v) is 6.40. The molecule has 1 aliphatic rings. The zero-order valence-corrected chi connectivity index (χ0v) is 19.7. The predicted octanol–water partition coefficient (Wildman–Crippen LogP) is 4.46. The third-order valence-electron chi connectivity index (χ3n) is 5.68. The Morgan fingerprint density at radius 3 is 2.47 bits per heavy atom. The molecule has 7 nitrogen and oxygen atoms in total. The lowest BCUT2D eigenvalue weighted by molar-refractivity contribution is 0.0984. The smallest absolute Gasteiger partial charge is 0.260 e. The van der Waals surface area contributed by atoms with Crippen molar-refractivity contribution in [2.24, 2.45) is 0 Å². The minimum Gasteiger partial charge on any atom is -0.278 e. The highest BCUT2D eigenvalue weighted by molar-refractivity contribution is 7.89. The molecule has 0 saturated carbocycles. The van der Waals surface area contributed by atoms with Gasteiger partial charge in [0.15, 0.2) is 5.13 Å². The van der Waals surface area contributed by atoms with Crippen molar-refractivity contribution in [3.63, 3.8) is 0 Å². The van der Waals surface area contributed by atoms with Crippen LogP contribution in [0, 0.1) is 5.82 Å². The second-order valence-electron chi connectivity index (χ2n) is 7.93. The number of halogens is 1. The zero-order chi connectivity index (χ0) is 23.7. The molecule has 5 rings (SSSR count). The van der Waals surface area contributed by atoms with E-state index in [2.05, 4.69) is 9.97 Å². The summed E-state index contributed by atoms with van der Waals surface area (Å²) in [6.45, 7) is 1.15. The van der Waals surface area contributed by atoms with E-state index in [-0.39, 0.29) is 22.9 Å². The standard InChI is InChI=1S/C24H21FN4O3S2/c25-20-7-5-8-21-22(20)27-24(33-21)29(16-18-6-1-2-13-26-18)23(30)17-9-11-19(12-10-17)34(31,32)28-14-3-4-15-28/h1-2,5-13H,3-4,14-16H2. The van der Waals surface area contributed by atoms with Crippen molar-refractivity contribution in [2.45, 2.75) is 24.3 Å². The minimum atomic E-state index is -3.58. The molecule has 34 heavy (non-hydrogen) atoms. The molecule has 4 aromatic rings. The average molecular weight is 497 g/mol. The molecule has 1 amide bonds. The molecule has 2 aromatic heterocycles. The molecule has 0 N–H and O–H groups in total. The second-order valence-corrected chi connectivity index (χ2v) is 10.9. The molecule has 1 fully saturated rings. The minimum absolute atomic E-state index is 0.134. The molecule has 0 unspecified atom stereocenters. The predicted molar refractivity (Wildman–Crippen MR) is 129 cm³/mol. The summed E-state index contributed by atoms with van der Waals surface area (Å²) >= 11 is 1.21. The van der Waals surface area contributed by atoms with Gasteiger partial charge in [-0.25, -0.2) is 17.8 Å². The highest BCUT2D eigenvalue weighted by Gasteiger charge is 2.28. The molecule has 0 radical (unpaired) electrons.